The summed E-state index contributed by atoms with van der Waals surface area (Å²) in [5.74, 6) is 0. The summed E-state index contributed by atoms with van der Waals surface area (Å²) < 4.78 is 3.78. The molecule has 0 aliphatic rings. The Hall–Kier alpha value is -0.350. The van der Waals surface area contributed by atoms with Crippen LogP contribution in [0.2, 0.25) is 0 Å². The zero-order valence-corrected chi connectivity index (χ0v) is 10.4. The van der Waals surface area contributed by atoms with Crippen molar-refractivity contribution in [2.75, 3.05) is 0 Å². The van der Waals surface area contributed by atoms with Gasteiger partial charge in [-0.15, -0.1) is 0 Å². The molecule has 0 spiro atoms. The zero-order chi connectivity index (χ0) is 9.68. The molecule has 0 aromatic carbocycles. The first-order valence-corrected chi connectivity index (χ1v) is 4.95. The van der Waals surface area contributed by atoms with Crippen molar-refractivity contribution in [2.24, 2.45) is 7.05 Å². The van der Waals surface area contributed by atoms with Gasteiger partial charge in [0.2, 0.25) is 6.33 Å². The third-order valence-electron chi connectivity index (χ3n) is 2.20. The first-order chi connectivity index (χ1) is 6.24. The van der Waals surface area contributed by atoms with Crippen molar-refractivity contribution in [3.63, 3.8) is 0 Å². The predicted octanol–water partition coefficient (Wildman–Crippen LogP) is -1.61. The maximum Gasteiger partial charge on any atom is 0.245 e. The van der Waals surface area contributed by atoms with Gasteiger partial charge in [0, 0.05) is 6.42 Å². The maximum atomic E-state index is 9.71. The Balaban J connectivity index is 0.00000169. The monoisotopic (exact) mass is 262 g/mol. The Bertz CT molecular complexity index is 250. The summed E-state index contributed by atoms with van der Waals surface area (Å²) in [5, 5.41) is 9.71. The van der Waals surface area contributed by atoms with E-state index in [1.165, 1.54) is 12.8 Å². The molecule has 0 fully saturated rings. The predicted molar refractivity (Wildman–Crippen MR) is 51.0 cm³/mol. The number of nitrogens with zero attached hydrogens (tertiary/aromatic N) is 2. The Morgan fingerprint density at radius 2 is 2.14 bits per heavy atom. The highest BCUT2D eigenvalue weighted by molar-refractivity contribution is 4.69. The van der Waals surface area contributed by atoms with Gasteiger partial charge in [0.25, 0.3) is 0 Å². The Labute approximate surface area is 96.1 Å². The zero-order valence-electron chi connectivity index (χ0n) is 8.86. The first-order valence-electron chi connectivity index (χ1n) is 4.95. The normalized spacial score (nSPS) is 12.2. The Morgan fingerprint density at radius 1 is 1.43 bits per heavy atom. The molecule has 0 amide bonds. The number of hydrogen-bond donors (Lipinski definition) is 1. The second kappa shape index (κ2) is 7.01. The molecule has 3 nitrogen and oxygen atoms in total. The van der Waals surface area contributed by atoms with Gasteiger partial charge in [0.1, 0.15) is 12.4 Å². The first kappa shape index (κ1) is 13.7. The van der Waals surface area contributed by atoms with E-state index in [4.69, 9.17) is 0 Å². The standard InChI is InChI=1S/C10H19N2O.BrH/c1-3-4-5-6-10(13)12-8-7-11(2)9-12;/h7-10,13H,3-6H2,1-2H3;1H/q+1;/p-1. The van der Waals surface area contributed by atoms with E-state index >= 15 is 0 Å². The number of aliphatic hydroxyl groups is 1. The molecule has 1 aromatic rings. The second-order valence-corrected chi connectivity index (χ2v) is 3.50. The van der Waals surface area contributed by atoms with Crippen molar-refractivity contribution in [2.45, 2.75) is 38.8 Å². The van der Waals surface area contributed by atoms with Crippen LogP contribution in [0.15, 0.2) is 18.7 Å². The summed E-state index contributed by atoms with van der Waals surface area (Å²) in [6, 6.07) is 0. The lowest BCUT2D eigenvalue weighted by Gasteiger charge is -2.05. The minimum absolute atomic E-state index is 0. The quantitative estimate of drug-likeness (QED) is 0.502. The molecule has 1 unspecified atom stereocenters. The van der Waals surface area contributed by atoms with Crippen LogP contribution in [-0.2, 0) is 7.05 Å². The van der Waals surface area contributed by atoms with Crippen molar-refractivity contribution < 1.29 is 26.7 Å². The fourth-order valence-corrected chi connectivity index (χ4v) is 1.37. The molecule has 14 heavy (non-hydrogen) atoms. The molecular weight excluding hydrogens is 244 g/mol. The molecule has 0 saturated carbocycles. The highest BCUT2D eigenvalue weighted by Crippen LogP contribution is 2.11. The highest BCUT2D eigenvalue weighted by atomic mass is 79.9. The van der Waals surface area contributed by atoms with Crippen LogP contribution < -0.4 is 21.5 Å². The number of imidazole rings is 1. The van der Waals surface area contributed by atoms with E-state index in [0.29, 0.717) is 0 Å². The molecule has 82 valence electrons. The largest absolute Gasteiger partial charge is 1.00 e. The summed E-state index contributed by atoms with van der Waals surface area (Å²) in [6.07, 6.45) is 9.72. The number of aliphatic hydroxyl groups excluding tert-OH is 1. The van der Waals surface area contributed by atoms with E-state index in [1.807, 2.05) is 34.9 Å². The molecule has 1 N–H and O–H groups in total. The van der Waals surface area contributed by atoms with E-state index in [0.717, 1.165) is 12.8 Å². The average molecular weight is 263 g/mol. The van der Waals surface area contributed by atoms with Crippen LogP contribution in [0.3, 0.4) is 0 Å². The number of hydrogen-bond acceptors (Lipinski definition) is 1. The smallest absolute Gasteiger partial charge is 0.245 e. The van der Waals surface area contributed by atoms with E-state index < -0.39 is 0 Å². The van der Waals surface area contributed by atoms with Crippen LogP contribution in [0.4, 0.5) is 0 Å². The summed E-state index contributed by atoms with van der Waals surface area (Å²) >= 11 is 0. The third kappa shape index (κ3) is 4.24. The van der Waals surface area contributed by atoms with Crippen LogP contribution in [0.5, 0.6) is 0 Å². The summed E-state index contributed by atoms with van der Waals surface area (Å²) in [5.41, 5.74) is 0. The molecule has 0 aliphatic heterocycles. The van der Waals surface area contributed by atoms with Crippen LogP contribution in [0, 0.1) is 0 Å². The highest BCUT2D eigenvalue weighted by Gasteiger charge is 2.10. The van der Waals surface area contributed by atoms with Crippen LogP contribution in [0.25, 0.3) is 0 Å². The summed E-state index contributed by atoms with van der Waals surface area (Å²) in [4.78, 5) is 0. The third-order valence-corrected chi connectivity index (χ3v) is 2.20. The molecule has 0 aliphatic carbocycles. The van der Waals surface area contributed by atoms with Crippen LogP contribution >= 0.6 is 0 Å². The lowest BCUT2D eigenvalue weighted by molar-refractivity contribution is -0.671. The topological polar surface area (TPSA) is 29.0 Å². The van der Waals surface area contributed by atoms with Gasteiger partial charge in [0.05, 0.1) is 7.05 Å². The fourth-order valence-electron chi connectivity index (χ4n) is 1.37. The fraction of sp³-hybridized carbons (Fsp3) is 0.700. The van der Waals surface area contributed by atoms with Crippen molar-refractivity contribution in [1.82, 2.24) is 4.57 Å². The maximum absolute atomic E-state index is 9.71. The van der Waals surface area contributed by atoms with E-state index in [-0.39, 0.29) is 23.2 Å². The number of halogens is 1. The van der Waals surface area contributed by atoms with Crippen molar-refractivity contribution in [3.05, 3.63) is 18.7 Å². The molecule has 1 heterocycles. The number of aromatic nitrogens is 2. The lowest BCUT2D eigenvalue weighted by atomic mass is 10.2. The number of unbranched alkanes of at least 4 members (excludes halogenated alkanes) is 2. The van der Waals surface area contributed by atoms with Crippen molar-refractivity contribution >= 4 is 0 Å². The van der Waals surface area contributed by atoms with Crippen molar-refractivity contribution in [3.8, 4) is 0 Å². The van der Waals surface area contributed by atoms with Crippen molar-refractivity contribution in [1.29, 1.82) is 0 Å². The molecule has 1 aromatic heterocycles. The van der Waals surface area contributed by atoms with Crippen LogP contribution in [-0.4, -0.2) is 9.67 Å². The van der Waals surface area contributed by atoms with Gasteiger partial charge in [-0.2, -0.15) is 0 Å². The average Bonchev–Trinajstić information content (AvgIpc) is 2.52. The van der Waals surface area contributed by atoms with E-state index in [2.05, 4.69) is 6.92 Å². The van der Waals surface area contributed by atoms with Gasteiger partial charge < -0.3 is 22.1 Å². The van der Waals surface area contributed by atoms with Gasteiger partial charge in [-0.25, -0.2) is 9.13 Å². The number of rotatable bonds is 5. The molecule has 0 bridgehead atoms. The molecule has 1 rings (SSSR count). The minimum Gasteiger partial charge on any atom is -1.00 e. The lowest BCUT2D eigenvalue weighted by Crippen LogP contribution is -3.00. The van der Waals surface area contributed by atoms with Crippen LogP contribution in [0.1, 0.15) is 38.8 Å². The minimum atomic E-state index is -0.354. The number of aryl methyl sites for hydroxylation is 1. The molecular formula is C10H19BrN2O. The van der Waals surface area contributed by atoms with E-state index in [9.17, 15) is 5.11 Å². The SMILES string of the molecule is CCCCCC(O)n1cc[n+](C)c1.[Br-]. The summed E-state index contributed by atoms with van der Waals surface area (Å²) in [7, 11) is 1.95. The van der Waals surface area contributed by atoms with Gasteiger partial charge in [-0.3, -0.25) is 0 Å². The molecule has 0 radical (unpaired) electrons. The summed E-state index contributed by atoms with van der Waals surface area (Å²) in [6.45, 7) is 2.17. The Kier molecular flexibility index (Phi) is 6.83. The molecule has 4 heteroatoms. The van der Waals surface area contributed by atoms with Gasteiger partial charge in [0.15, 0.2) is 6.23 Å². The van der Waals surface area contributed by atoms with E-state index in [1.54, 1.807) is 0 Å². The Morgan fingerprint density at radius 3 is 2.64 bits per heavy atom. The molecule has 0 saturated heterocycles. The second-order valence-electron chi connectivity index (χ2n) is 3.50. The van der Waals surface area contributed by atoms with Gasteiger partial charge in [-0.05, 0) is 6.42 Å². The van der Waals surface area contributed by atoms with Gasteiger partial charge >= 0.3 is 0 Å². The van der Waals surface area contributed by atoms with Gasteiger partial charge in [-0.1, -0.05) is 19.8 Å². The molecule has 1 atom stereocenters.